The maximum atomic E-state index is 12.3. The minimum atomic E-state index is -1.10. The summed E-state index contributed by atoms with van der Waals surface area (Å²) in [6.07, 6.45) is 0.912. The molecule has 1 saturated heterocycles. The number of aromatic nitrogens is 1. The lowest BCUT2D eigenvalue weighted by atomic mass is 10.2. The van der Waals surface area contributed by atoms with E-state index in [-0.39, 0.29) is 13.0 Å². The number of aliphatic hydroxyl groups is 1. The van der Waals surface area contributed by atoms with E-state index in [0.717, 1.165) is 5.69 Å². The third kappa shape index (κ3) is 3.05. The molecule has 2 atom stereocenters. The number of amides is 2. The number of β-amino-alcohol motifs (C(OH)–C–C–N with tert-alkyl or cyclic N) is 1. The zero-order chi connectivity index (χ0) is 14.7. The molecule has 0 unspecified atom stereocenters. The molecule has 1 aromatic rings. The number of pyridine rings is 1. The Morgan fingerprint density at radius 3 is 2.85 bits per heavy atom. The molecule has 1 fully saturated rings. The first-order valence-corrected chi connectivity index (χ1v) is 6.31. The molecule has 0 aromatic carbocycles. The average molecular weight is 279 g/mol. The predicted molar refractivity (Wildman–Crippen MR) is 69.9 cm³/mol. The van der Waals surface area contributed by atoms with Crippen molar-refractivity contribution in [3.63, 3.8) is 0 Å². The van der Waals surface area contributed by atoms with E-state index in [1.807, 2.05) is 6.07 Å². The highest BCUT2D eigenvalue weighted by molar-refractivity contribution is 5.83. The van der Waals surface area contributed by atoms with Gasteiger partial charge in [0.05, 0.1) is 18.3 Å². The Morgan fingerprint density at radius 1 is 1.50 bits per heavy atom. The van der Waals surface area contributed by atoms with Crippen molar-refractivity contribution in [2.45, 2.75) is 25.1 Å². The predicted octanol–water partition coefficient (Wildman–Crippen LogP) is 0.153. The molecule has 2 rings (SSSR count). The van der Waals surface area contributed by atoms with E-state index in [2.05, 4.69) is 4.98 Å². The summed E-state index contributed by atoms with van der Waals surface area (Å²) in [5.41, 5.74) is 0.718. The van der Waals surface area contributed by atoms with Gasteiger partial charge in [0.25, 0.3) is 0 Å². The number of aliphatic carboxylic acids is 1. The fourth-order valence-electron chi connectivity index (χ4n) is 2.28. The molecular weight excluding hydrogens is 262 g/mol. The molecule has 2 N–H and O–H groups in total. The normalized spacial score (nSPS) is 21.8. The number of nitrogens with zero attached hydrogens (tertiary/aromatic N) is 3. The van der Waals surface area contributed by atoms with Crippen LogP contribution in [0.2, 0.25) is 0 Å². The largest absolute Gasteiger partial charge is 0.480 e. The van der Waals surface area contributed by atoms with Crippen LogP contribution in [0.3, 0.4) is 0 Å². The van der Waals surface area contributed by atoms with Crippen molar-refractivity contribution in [3.05, 3.63) is 30.1 Å². The Balaban J connectivity index is 2.04. The van der Waals surface area contributed by atoms with Gasteiger partial charge in [-0.05, 0) is 12.1 Å². The summed E-state index contributed by atoms with van der Waals surface area (Å²) in [5, 5.41) is 18.6. The van der Waals surface area contributed by atoms with Gasteiger partial charge in [-0.15, -0.1) is 0 Å². The van der Waals surface area contributed by atoms with Crippen molar-refractivity contribution in [1.29, 1.82) is 0 Å². The van der Waals surface area contributed by atoms with Crippen LogP contribution in [0.15, 0.2) is 24.4 Å². The highest BCUT2D eigenvalue weighted by Gasteiger charge is 2.40. The first-order chi connectivity index (χ1) is 9.49. The van der Waals surface area contributed by atoms with Crippen LogP contribution in [0, 0.1) is 0 Å². The molecule has 7 nitrogen and oxygen atoms in total. The lowest BCUT2D eigenvalue weighted by molar-refractivity contribution is -0.141. The van der Waals surface area contributed by atoms with Crippen LogP contribution in [0.1, 0.15) is 12.1 Å². The SMILES string of the molecule is CN(Cc1ccccn1)C(=O)N1C[C@@H](O)C[C@H]1C(=O)O. The first kappa shape index (κ1) is 14.3. The van der Waals surface area contributed by atoms with Gasteiger partial charge in [-0.3, -0.25) is 4.98 Å². The van der Waals surface area contributed by atoms with Gasteiger partial charge in [-0.25, -0.2) is 9.59 Å². The molecule has 1 aliphatic heterocycles. The number of rotatable bonds is 3. The van der Waals surface area contributed by atoms with Gasteiger partial charge in [-0.2, -0.15) is 0 Å². The molecule has 1 aromatic heterocycles. The number of hydrogen-bond donors (Lipinski definition) is 2. The third-order valence-corrected chi connectivity index (χ3v) is 3.26. The number of carboxylic acids is 1. The van der Waals surface area contributed by atoms with Gasteiger partial charge >= 0.3 is 12.0 Å². The summed E-state index contributed by atoms with van der Waals surface area (Å²) in [5.74, 6) is -1.10. The zero-order valence-corrected chi connectivity index (χ0v) is 11.1. The summed E-state index contributed by atoms with van der Waals surface area (Å²) >= 11 is 0. The van der Waals surface area contributed by atoms with Crippen molar-refractivity contribution in [2.24, 2.45) is 0 Å². The van der Waals surface area contributed by atoms with E-state index in [1.165, 1.54) is 9.80 Å². The summed E-state index contributed by atoms with van der Waals surface area (Å²) in [6.45, 7) is 0.334. The Morgan fingerprint density at radius 2 is 2.25 bits per heavy atom. The summed E-state index contributed by atoms with van der Waals surface area (Å²) in [7, 11) is 1.58. The average Bonchev–Trinajstić information content (AvgIpc) is 2.81. The third-order valence-electron chi connectivity index (χ3n) is 3.26. The number of carboxylic acid groups (broad SMARTS) is 1. The fourth-order valence-corrected chi connectivity index (χ4v) is 2.28. The molecule has 0 radical (unpaired) electrons. The molecule has 0 saturated carbocycles. The van der Waals surface area contributed by atoms with Gasteiger partial charge in [0.2, 0.25) is 0 Å². The standard InChI is InChI=1S/C13H17N3O4/c1-15(7-9-4-2-3-5-14-9)13(20)16-8-10(17)6-11(16)12(18)19/h2-5,10-11,17H,6-8H2,1H3,(H,18,19)/t10-,11-/m0/s1. The van der Waals surface area contributed by atoms with Gasteiger partial charge in [-0.1, -0.05) is 6.07 Å². The Labute approximate surface area is 116 Å². The molecule has 0 spiro atoms. The minimum absolute atomic E-state index is 0.0440. The minimum Gasteiger partial charge on any atom is -0.480 e. The van der Waals surface area contributed by atoms with E-state index in [9.17, 15) is 14.7 Å². The highest BCUT2D eigenvalue weighted by atomic mass is 16.4. The van der Waals surface area contributed by atoms with Gasteiger partial charge in [0, 0.05) is 26.2 Å². The second-order valence-electron chi connectivity index (χ2n) is 4.86. The van der Waals surface area contributed by atoms with E-state index in [1.54, 1.807) is 25.4 Å². The topological polar surface area (TPSA) is 94.0 Å². The Bertz CT molecular complexity index is 494. The Hall–Kier alpha value is -2.15. The molecule has 108 valence electrons. The molecule has 7 heteroatoms. The van der Waals surface area contributed by atoms with Gasteiger partial charge < -0.3 is 20.0 Å². The first-order valence-electron chi connectivity index (χ1n) is 6.31. The molecular formula is C13H17N3O4. The molecule has 0 bridgehead atoms. The number of urea groups is 1. The smallest absolute Gasteiger partial charge is 0.326 e. The number of aliphatic hydroxyl groups excluding tert-OH is 1. The quantitative estimate of drug-likeness (QED) is 0.821. The Kier molecular flexibility index (Phi) is 4.19. The summed E-state index contributed by atoms with van der Waals surface area (Å²) in [6, 6.07) is 4.00. The number of carbonyl (C=O) groups excluding carboxylic acids is 1. The van der Waals surface area contributed by atoms with E-state index in [0.29, 0.717) is 6.54 Å². The molecule has 2 amide bonds. The van der Waals surface area contributed by atoms with Gasteiger partial charge in [0.15, 0.2) is 0 Å². The van der Waals surface area contributed by atoms with E-state index < -0.39 is 24.1 Å². The number of likely N-dealkylation sites (tertiary alicyclic amines) is 1. The van der Waals surface area contributed by atoms with Crippen LogP contribution in [0.4, 0.5) is 4.79 Å². The maximum absolute atomic E-state index is 12.3. The van der Waals surface area contributed by atoms with Crippen molar-refractivity contribution in [1.82, 2.24) is 14.8 Å². The van der Waals surface area contributed by atoms with Crippen molar-refractivity contribution >= 4 is 12.0 Å². The second kappa shape index (κ2) is 5.87. The lowest BCUT2D eigenvalue weighted by Crippen LogP contribution is -2.46. The van der Waals surface area contributed by atoms with Crippen molar-refractivity contribution in [2.75, 3.05) is 13.6 Å². The van der Waals surface area contributed by atoms with Crippen LogP contribution in [-0.2, 0) is 11.3 Å². The summed E-state index contributed by atoms with van der Waals surface area (Å²) in [4.78, 5) is 30.1. The van der Waals surface area contributed by atoms with Crippen LogP contribution in [0.25, 0.3) is 0 Å². The van der Waals surface area contributed by atoms with E-state index in [4.69, 9.17) is 5.11 Å². The maximum Gasteiger partial charge on any atom is 0.326 e. The molecule has 1 aliphatic rings. The van der Waals surface area contributed by atoms with Crippen LogP contribution in [-0.4, -0.2) is 62.7 Å². The number of carbonyl (C=O) groups is 2. The van der Waals surface area contributed by atoms with E-state index >= 15 is 0 Å². The fraction of sp³-hybridized carbons (Fsp3) is 0.462. The monoisotopic (exact) mass is 279 g/mol. The van der Waals surface area contributed by atoms with Gasteiger partial charge in [0.1, 0.15) is 6.04 Å². The molecule has 2 heterocycles. The second-order valence-corrected chi connectivity index (χ2v) is 4.86. The highest BCUT2D eigenvalue weighted by Crippen LogP contribution is 2.20. The summed E-state index contributed by atoms with van der Waals surface area (Å²) < 4.78 is 0. The number of hydrogen-bond acceptors (Lipinski definition) is 4. The van der Waals surface area contributed by atoms with Crippen LogP contribution >= 0.6 is 0 Å². The van der Waals surface area contributed by atoms with Crippen LogP contribution < -0.4 is 0 Å². The zero-order valence-electron chi connectivity index (χ0n) is 11.1. The lowest BCUT2D eigenvalue weighted by Gasteiger charge is -2.27. The van der Waals surface area contributed by atoms with Crippen molar-refractivity contribution in [3.8, 4) is 0 Å². The van der Waals surface area contributed by atoms with Crippen molar-refractivity contribution < 1.29 is 19.8 Å². The molecule has 20 heavy (non-hydrogen) atoms. The van der Waals surface area contributed by atoms with Crippen LogP contribution in [0.5, 0.6) is 0 Å². The molecule has 0 aliphatic carbocycles.